The predicted octanol–water partition coefficient (Wildman–Crippen LogP) is 3.13. The molecule has 1 aliphatic carbocycles. The fourth-order valence-corrected chi connectivity index (χ4v) is 1.88. The molecule has 0 aliphatic heterocycles. The highest BCUT2D eigenvalue weighted by molar-refractivity contribution is 9.10. The lowest BCUT2D eigenvalue weighted by Crippen LogP contribution is -2.23. The maximum atomic E-state index is 11.6. The number of benzene rings is 1. The van der Waals surface area contributed by atoms with Crippen molar-refractivity contribution < 1.29 is 4.79 Å². The van der Waals surface area contributed by atoms with Gasteiger partial charge in [0.15, 0.2) is 0 Å². The summed E-state index contributed by atoms with van der Waals surface area (Å²) in [5, 5.41) is 2.94. The molecule has 1 fully saturated rings. The van der Waals surface area contributed by atoms with Gasteiger partial charge in [-0.2, -0.15) is 0 Å². The van der Waals surface area contributed by atoms with Crippen molar-refractivity contribution >= 4 is 27.4 Å². The highest BCUT2D eigenvalue weighted by Crippen LogP contribution is 2.20. The maximum absolute atomic E-state index is 11.6. The zero-order valence-electron chi connectivity index (χ0n) is 9.16. The van der Waals surface area contributed by atoms with Gasteiger partial charge in [0.05, 0.1) is 0 Å². The molecule has 1 amide bonds. The molecule has 0 radical (unpaired) electrons. The van der Waals surface area contributed by atoms with E-state index in [0.29, 0.717) is 6.04 Å². The lowest BCUT2D eigenvalue weighted by molar-refractivity contribution is -0.116. The molecule has 1 saturated carbocycles. The topological polar surface area (TPSA) is 29.1 Å². The Kier molecular flexibility index (Phi) is 3.44. The Morgan fingerprint density at radius 1 is 1.50 bits per heavy atom. The molecule has 3 heteroatoms. The molecule has 0 bridgehead atoms. The summed E-state index contributed by atoms with van der Waals surface area (Å²) in [5.41, 5.74) is 2.06. The average Bonchev–Trinajstić information content (AvgIpc) is 3.01. The van der Waals surface area contributed by atoms with Gasteiger partial charge in [-0.25, -0.2) is 0 Å². The van der Waals surface area contributed by atoms with Gasteiger partial charge in [-0.1, -0.05) is 28.1 Å². The molecule has 0 atom stereocenters. The van der Waals surface area contributed by atoms with Crippen LogP contribution in [-0.4, -0.2) is 11.9 Å². The van der Waals surface area contributed by atoms with E-state index in [4.69, 9.17) is 0 Å². The van der Waals surface area contributed by atoms with E-state index in [1.54, 1.807) is 6.08 Å². The number of hydrogen-bond donors (Lipinski definition) is 1. The van der Waals surface area contributed by atoms with Gasteiger partial charge in [0.25, 0.3) is 0 Å². The Bertz CT molecular complexity index is 435. The average molecular weight is 280 g/mol. The van der Waals surface area contributed by atoms with Crippen LogP contribution in [0.4, 0.5) is 0 Å². The van der Waals surface area contributed by atoms with Crippen molar-refractivity contribution in [3.8, 4) is 0 Å². The van der Waals surface area contributed by atoms with E-state index in [2.05, 4.69) is 21.2 Å². The Labute approximate surface area is 104 Å². The molecule has 1 N–H and O–H groups in total. The van der Waals surface area contributed by atoms with Crippen LogP contribution < -0.4 is 5.32 Å². The molecule has 2 rings (SSSR count). The number of carbonyl (C=O) groups is 1. The first-order valence-electron chi connectivity index (χ1n) is 5.40. The van der Waals surface area contributed by atoms with Gasteiger partial charge in [0.1, 0.15) is 0 Å². The summed E-state index contributed by atoms with van der Waals surface area (Å²) in [5.74, 6) is 0.0139. The van der Waals surface area contributed by atoms with Crippen molar-refractivity contribution in [2.75, 3.05) is 0 Å². The predicted molar refractivity (Wildman–Crippen MR) is 69.0 cm³/mol. The number of allylic oxidation sites excluding steroid dienone is 1. The first-order chi connectivity index (χ1) is 7.65. The molecule has 1 aromatic rings. The third kappa shape index (κ3) is 3.20. The fourth-order valence-electron chi connectivity index (χ4n) is 1.48. The minimum absolute atomic E-state index is 0.0139. The Morgan fingerprint density at radius 2 is 2.25 bits per heavy atom. The molecule has 0 aromatic heterocycles. The lowest BCUT2D eigenvalue weighted by atomic mass is 10.1. The smallest absolute Gasteiger partial charge is 0.244 e. The van der Waals surface area contributed by atoms with E-state index >= 15 is 0 Å². The highest BCUT2D eigenvalue weighted by Gasteiger charge is 2.22. The van der Waals surface area contributed by atoms with Crippen LogP contribution in [0.3, 0.4) is 0 Å². The summed E-state index contributed by atoms with van der Waals surface area (Å²) >= 11 is 3.42. The van der Waals surface area contributed by atoms with Crippen molar-refractivity contribution in [2.45, 2.75) is 25.8 Å². The van der Waals surface area contributed by atoms with E-state index in [1.165, 1.54) is 0 Å². The summed E-state index contributed by atoms with van der Waals surface area (Å²) in [7, 11) is 0. The van der Waals surface area contributed by atoms with Crippen LogP contribution in [0, 0.1) is 0 Å². The Balaban J connectivity index is 2.07. The van der Waals surface area contributed by atoms with Crippen LogP contribution >= 0.6 is 15.9 Å². The van der Waals surface area contributed by atoms with Crippen molar-refractivity contribution in [1.29, 1.82) is 0 Å². The second-order valence-corrected chi connectivity index (χ2v) is 5.04. The summed E-state index contributed by atoms with van der Waals surface area (Å²) in [4.78, 5) is 11.6. The van der Waals surface area contributed by atoms with Crippen LogP contribution in [0.1, 0.15) is 25.3 Å². The monoisotopic (exact) mass is 279 g/mol. The van der Waals surface area contributed by atoms with Gasteiger partial charge in [0.2, 0.25) is 5.91 Å². The van der Waals surface area contributed by atoms with Gasteiger partial charge in [-0.3, -0.25) is 4.79 Å². The Morgan fingerprint density at radius 3 is 2.88 bits per heavy atom. The SMILES string of the molecule is C/C(=C/C(=O)NC1CC1)c1cccc(Br)c1. The molecule has 2 nitrogen and oxygen atoms in total. The fraction of sp³-hybridized carbons (Fsp3) is 0.308. The highest BCUT2D eigenvalue weighted by atomic mass is 79.9. The van der Waals surface area contributed by atoms with Crippen LogP contribution in [-0.2, 0) is 4.79 Å². The van der Waals surface area contributed by atoms with Gasteiger partial charge in [0, 0.05) is 16.6 Å². The first-order valence-corrected chi connectivity index (χ1v) is 6.19. The number of hydrogen-bond acceptors (Lipinski definition) is 1. The van der Waals surface area contributed by atoms with E-state index in [9.17, 15) is 4.79 Å². The molecule has 0 unspecified atom stereocenters. The van der Waals surface area contributed by atoms with Crippen molar-refractivity contribution in [3.05, 3.63) is 40.4 Å². The molecule has 84 valence electrons. The second kappa shape index (κ2) is 4.83. The number of carbonyl (C=O) groups excluding carboxylic acids is 1. The van der Waals surface area contributed by atoms with E-state index < -0.39 is 0 Å². The number of halogens is 1. The lowest BCUT2D eigenvalue weighted by Gasteiger charge is -2.03. The molecule has 1 aromatic carbocycles. The minimum Gasteiger partial charge on any atom is -0.350 e. The maximum Gasteiger partial charge on any atom is 0.244 e. The quantitative estimate of drug-likeness (QED) is 0.847. The number of amides is 1. The molecule has 1 aliphatic rings. The molecule has 0 heterocycles. The van der Waals surface area contributed by atoms with Crippen LogP contribution in [0.2, 0.25) is 0 Å². The van der Waals surface area contributed by atoms with Gasteiger partial charge >= 0.3 is 0 Å². The number of nitrogens with one attached hydrogen (secondary N) is 1. The second-order valence-electron chi connectivity index (χ2n) is 4.12. The zero-order chi connectivity index (χ0) is 11.5. The van der Waals surface area contributed by atoms with Crippen molar-refractivity contribution in [1.82, 2.24) is 5.32 Å². The van der Waals surface area contributed by atoms with E-state index in [1.807, 2.05) is 31.2 Å². The van der Waals surface area contributed by atoms with Crippen LogP contribution in [0.15, 0.2) is 34.8 Å². The van der Waals surface area contributed by atoms with E-state index in [-0.39, 0.29) is 5.91 Å². The van der Waals surface area contributed by atoms with Gasteiger partial charge in [-0.15, -0.1) is 0 Å². The molecule has 16 heavy (non-hydrogen) atoms. The largest absolute Gasteiger partial charge is 0.350 e. The van der Waals surface area contributed by atoms with Gasteiger partial charge < -0.3 is 5.32 Å². The molecule has 0 spiro atoms. The summed E-state index contributed by atoms with van der Waals surface area (Å²) in [6.07, 6.45) is 3.91. The normalized spacial score (nSPS) is 16.0. The van der Waals surface area contributed by atoms with Crippen LogP contribution in [0.5, 0.6) is 0 Å². The number of rotatable bonds is 3. The first kappa shape index (κ1) is 11.4. The summed E-state index contributed by atoms with van der Waals surface area (Å²) in [6, 6.07) is 8.37. The summed E-state index contributed by atoms with van der Waals surface area (Å²) in [6.45, 7) is 1.95. The van der Waals surface area contributed by atoms with Crippen LogP contribution in [0.25, 0.3) is 5.57 Å². The van der Waals surface area contributed by atoms with Gasteiger partial charge in [-0.05, 0) is 43.0 Å². The third-order valence-electron chi connectivity index (χ3n) is 2.55. The standard InChI is InChI=1S/C13H14BrNO/c1-9(7-13(16)15-12-5-6-12)10-3-2-4-11(14)8-10/h2-4,7-8,12H,5-6H2,1H3,(H,15,16)/b9-7-. The Hall–Kier alpha value is -1.09. The summed E-state index contributed by atoms with van der Waals surface area (Å²) < 4.78 is 1.03. The zero-order valence-corrected chi connectivity index (χ0v) is 10.8. The molecule has 0 saturated heterocycles. The third-order valence-corrected chi connectivity index (χ3v) is 3.04. The van der Waals surface area contributed by atoms with Crippen molar-refractivity contribution in [3.63, 3.8) is 0 Å². The molecular formula is C13H14BrNO. The van der Waals surface area contributed by atoms with Crippen molar-refractivity contribution in [2.24, 2.45) is 0 Å². The minimum atomic E-state index is 0.0139. The molecular weight excluding hydrogens is 266 g/mol. The van der Waals surface area contributed by atoms with E-state index in [0.717, 1.165) is 28.5 Å².